The first-order valence-electron chi connectivity index (χ1n) is 8.15. The van der Waals surface area contributed by atoms with Crippen molar-refractivity contribution in [3.63, 3.8) is 0 Å². The molecule has 0 aliphatic heterocycles. The number of pyridine rings is 2. The fourth-order valence-electron chi connectivity index (χ4n) is 2.74. The Labute approximate surface area is 159 Å². The van der Waals surface area contributed by atoms with Gasteiger partial charge >= 0.3 is 5.97 Å². The Morgan fingerprint density at radius 3 is 2.23 bits per heavy atom. The highest BCUT2D eigenvalue weighted by molar-refractivity contribution is 9.10. The van der Waals surface area contributed by atoms with E-state index in [1.807, 2.05) is 53.7 Å². The Bertz CT molecular complexity index is 1030. The molecule has 0 N–H and O–H groups in total. The molecule has 134 valence electrons. The van der Waals surface area contributed by atoms with Crippen LogP contribution in [-0.4, -0.2) is 31.7 Å². The summed E-state index contributed by atoms with van der Waals surface area (Å²) in [5.74, 6) is -0.318. The molecule has 0 spiro atoms. The van der Waals surface area contributed by atoms with Gasteiger partial charge in [-0.15, -0.1) is 0 Å². The minimum atomic E-state index is -0.318. The second kappa shape index (κ2) is 7.70. The second-order valence-electron chi connectivity index (χ2n) is 5.70. The average Bonchev–Trinajstić information content (AvgIpc) is 3.14. The Kier molecular flexibility index (Phi) is 5.37. The van der Waals surface area contributed by atoms with Crippen LogP contribution in [-0.2, 0) is 18.8 Å². The summed E-state index contributed by atoms with van der Waals surface area (Å²) < 4.78 is 9.93. The van der Waals surface area contributed by atoms with Crippen molar-refractivity contribution in [2.24, 2.45) is 14.1 Å². The minimum absolute atomic E-state index is 0.318. The van der Waals surface area contributed by atoms with Crippen LogP contribution in [0.2, 0.25) is 0 Å². The zero-order valence-corrected chi connectivity index (χ0v) is 16.4. The van der Waals surface area contributed by atoms with Crippen molar-refractivity contribution in [1.29, 1.82) is 0 Å². The number of nitrogens with zero attached hydrogens (tertiary/aromatic N) is 4. The van der Waals surface area contributed by atoms with Crippen molar-refractivity contribution in [2.75, 3.05) is 6.61 Å². The molecule has 4 aromatic rings. The van der Waals surface area contributed by atoms with Gasteiger partial charge in [-0.05, 0) is 47.1 Å². The topological polar surface area (TPSA) is 61.9 Å². The van der Waals surface area contributed by atoms with E-state index in [4.69, 9.17) is 4.74 Å². The molecule has 26 heavy (non-hydrogen) atoms. The predicted octanol–water partition coefficient (Wildman–Crippen LogP) is 4.09. The highest BCUT2D eigenvalue weighted by Gasteiger charge is 2.15. The smallest absolute Gasteiger partial charge is 0.341 e. The van der Waals surface area contributed by atoms with Gasteiger partial charge in [-0.2, -0.15) is 0 Å². The van der Waals surface area contributed by atoms with Crippen LogP contribution < -0.4 is 0 Å². The first-order valence-corrected chi connectivity index (χ1v) is 8.95. The van der Waals surface area contributed by atoms with Crippen LogP contribution in [0.3, 0.4) is 0 Å². The Hall–Kier alpha value is -2.67. The fourth-order valence-corrected chi connectivity index (χ4v) is 3.35. The van der Waals surface area contributed by atoms with Crippen LogP contribution in [0.4, 0.5) is 0 Å². The van der Waals surface area contributed by atoms with E-state index >= 15 is 0 Å². The van der Waals surface area contributed by atoms with Crippen molar-refractivity contribution >= 4 is 44.0 Å². The van der Waals surface area contributed by atoms with E-state index in [0.717, 1.165) is 21.0 Å². The van der Waals surface area contributed by atoms with Gasteiger partial charge in [0.15, 0.2) is 0 Å². The fraction of sp³-hybridized carbons (Fsp3) is 0.211. The van der Waals surface area contributed by atoms with E-state index in [1.54, 1.807) is 25.5 Å². The number of aryl methyl sites for hydroxylation is 2. The zero-order valence-electron chi connectivity index (χ0n) is 14.8. The van der Waals surface area contributed by atoms with Gasteiger partial charge in [-0.3, -0.25) is 9.97 Å². The van der Waals surface area contributed by atoms with Crippen LogP contribution in [0.25, 0.3) is 22.1 Å². The lowest BCUT2D eigenvalue weighted by Gasteiger charge is -1.98. The molecule has 0 aromatic carbocycles. The molecular weight excluding hydrogens is 396 g/mol. The van der Waals surface area contributed by atoms with Crippen LogP contribution in [0.15, 0.2) is 53.5 Å². The molecule has 4 heterocycles. The van der Waals surface area contributed by atoms with E-state index in [1.165, 1.54) is 0 Å². The number of aromatic nitrogens is 4. The maximum absolute atomic E-state index is 11.6. The number of carbonyl (C=O) groups is 1. The number of ether oxygens (including phenoxy) is 1. The standard InChI is InChI=1S/C11H12N2O2.C8H7BrN2/c1-3-15-11(14)8-7-13(2)9-5-4-6-12-10(8)9;1-11-5-6(9)8-7(11)3-2-4-10-8/h4-7H,3H2,1-2H3;2-5H,1H3. The highest BCUT2D eigenvalue weighted by atomic mass is 79.9. The van der Waals surface area contributed by atoms with Gasteiger partial charge < -0.3 is 13.9 Å². The number of rotatable bonds is 2. The van der Waals surface area contributed by atoms with Crippen molar-refractivity contribution in [2.45, 2.75) is 6.92 Å². The van der Waals surface area contributed by atoms with Crippen LogP contribution in [0, 0.1) is 0 Å². The van der Waals surface area contributed by atoms with Crippen LogP contribution >= 0.6 is 15.9 Å². The summed E-state index contributed by atoms with van der Waals surface area (Å²) in [7, 11) is 3.89. The van der Waals surface area contributed by atoms with E-state index in [-0.39, 0.29) is 5.97 Å². The van der Waals surface area contributed by atoms with Gasteiger partial charge in [0.2, 0.25) is 0 Å². The maximum atomic E-state index is 11.6. The summed E-state index contributed by atoms with van der Waals surface area (Å²) in [5, 5.41) is 0. The van der Waals surface area contributed by atoms with Gasteiger partial charge in [0.1, 0.15) is 16.6 Å². The largest absolute Gasteiger partial charge is 0.462 e. The number of carbonyl (C=O) groups excluding carboxylic acids is 1. The molecule has 0 unspecified atom stereocenters. The number of esters is 1. The summed E-state index contributed by atoms with van der Waals surface area (Å²) >= 11 is 3.43. The zero-order chi connectivity index (χ0) is 18.7. The first kappa shape index (κ1) is 18.1. The molecule has 0 aliphatic carbocycles. The maximum Gasteiger partial charge on any atom is 0.341 e. The molecule has 6 nitrogen and oxygen atoms in total. The van der Waals surface area contributed by atoms with Gasteiger partial charge in [-0.25, -0.2) is 4.79 Å². The molecule has 0 saturated heterocycles. The molecule has 0 fully saturated rings. The first-order chi connectivity index (χ1) is 12.5. The van der Waals surface area contributed by atoms with E-state index in [9.17, 15) is 4.79 Å². The molecule has 0 amide bonds. The van der Waals surface area contributed by atoms with Gasteiger partial charge in [0.05, 0.1) is 22.1 Å². The van der Waals surface area contributed by atoms with Crippen molar-refractivity contribution < 1.29 is 9.53 Å². The third-order valence-electron chi connectivity index (χ3n) is 3.94. The number of fused-ring (bicyclic) bond motifs is 2. The summed E-state index contributed by atoms with van der Waals surface area (Å²) in [6.07, 6.45) is 7.23. The molecule has 0 saturated carbocycles. The van der Waals surface area contributed by atoms with E-state index < -0.39 is 0 Å². The quantitative estimate of drug-likeness (QED) is 0.463. The van der Waals surface area contributed by atoms with Gasteiger partial charge in [-0.1, -0.05) is 0 Å². The Morgan fingerprint density at radius 1 is 1.04 bits per heavy atom. The Morgan fingerprint density at radius 2 is 1.62 bits per heavy atom. The van der Waals surface area contributed by atoms with E-state index in [0.29, 0.717) is 17.7 Å². The minimum Gasteiger partial charge on any atom is -0.462 e. The molecule has 4 rings (SSSR count). The molecule has 0 aliphatic rings. The normalized spacial score (nSPS) is 10.6. The molecular formula is C19H19BrN4O2. The predicted molar refractivity (Wildman–Crippen MR) is 105 cm³/mol. The third kappa shape index (κ3) is 3.48. The summed E-state index contributed by atoms with van der Waals surface area (Å²) in [5.41, 5.74) is 4.32. The Balaban J connectivity index is 0.000000158. The van der Waals surface area contributed by atoms with Crippen molar-refractivity contribution in [3.05, 3.63) is 59.1 Å². The second-order valence-corrected chi connectivity index (χ2v) is 6.56. The van der Waals surface area contributed by atoms with E-state index in [2.05, 4.69) is 25.9 Å². The van der Waals surface area contributed by atoms with Crippen molar-refractivity contribution in [3.8, 4) is 0 Å². The summed E-state index contributed by atoms with van der Waals surface area (Å²) in [6.45, 7) is 2.17. The number of halogens is 1. The van der Waals surface area contributed by atoms with Crippen LogP contribution in [0.5, 0.6) is 0 Å². The number of hydrogen-bond acceptors (Lipinski definition) is 4. The molecule has 0 atom stereocenters. The lowest BCUT2D eigenvalue weighted by Crippen LogP contribution is -2.04. The van der Waals surface area contributed by atoms with Crippen LogP contribution in [0.1, 0.15) is 17.3 Å². The molecule has 4 aromatic heterocycles. The van der Waals surface area contributed by atoms with Gasteiger partial charge in [0.25, 0.3) is 0 Å². The lowest BCUT2D eigenvalue weighted by atomic mass is 10.3. The lowest BCUT2D eigenvalue weighted by molar-refractivity contribution is 0.0528. The van der Waals surface area contributed by atoms with Gasteiger partial charge in [0, 0.05) is 38.9 Å². The molecule has 7 heteroatoms. The summed E-state index contributed by atoms with van der Waals surface area (Å²) in [6, 6.07) is 7.75. The molecule has 0 bridgehead atoms. The monoisotopic (exact) mass is 414 g/mol. The SMILES string of the molecule is CCOC(=O)c1cn(C)c2cccnc12.Cn1cc(Br)c2ncccc21. The van der Waals surface area contributed by atoms with Crippen molar-refractivity contribution in [1.82, 2.24) is 19.1 Å². The average molecular weight is 415 g/mol. The molecule has 0 radical (unpaired) electrons. The highest BCUT2D eigenvalue weighted by Crippen LogP contribution is 2.22. The summed E-state index contributed by atoms with van der Waals surface area (Å²) in [4.78, 5) is 20.0. The third-order valence-corrected chi connectivity index (χ3v) is 4.52. The number of hydrogen-bond donors (Lipinski definition) is 0.